The molecule has 0 radical (unpaired) electrons. The van der Waals surface area contributed by atoms with Crippen molar-refractivity contribution in [3.63, 3.8) is 0 Å². The minimum absolute atomic E-state index is 0.314. The normalized spacial score (nSPS) is 17.0. The van der Waals surface area contributed by atoms with Gasteiger partial charge < -0.3 is 10.0 Å². The Bertz CT molecular complexity index is 462. The summed E-state index contributed by atoms with van der Waals surface area (Å²) in [4.78, 5) is 6.77. The lowest BCUT2D eigenvalue weighted by Crippen LogP contribution is -2.25. The largest absolute Gasteiger partial charge is 0.507 e. The Balaban J connectivity index is 2.07. The first-order valence-corrected chi connectivity index (χ1v) is 7.67. The molecule has 0 atom stereocenters. The van der Waals surface area contributed by atoms with E-state index in [1.54, 1.807) is 0 Å². The summed E-state index contributed by atoms with van der Waals surface area (Å²) in [6.45, 7) is 4.27. The zero-order valence-electron chi connectivity index (χ0n) is 12.8. The predicted octanol–water partition coefficient (Wildman–Crippen LogP) is 3.99. The quantitative estimate of drug-likeness (QED) is 0.843. The molecule has 1 saturated carbocycles. The fourth-order valence-electron chi connectivity index (χ4n) is 2.57. The average Bonchev–Trinajstić information content (AvgIpc) is 2.46. The Morgan fingerprint density at radius 3 is 2.55 bits per heavy atom. The van der Waals surface area contributed by atoms with Crippen molar-refractivity contribution in [1.82, 2.24) is 0 Å². The number of hydrogen-bond acceptors (Lipinski definition) is 3. The van der Waals surface area contributed by atoms with Crippen LogP contribution in [0.25, 0.3) is 0 Å². The zero-order chi connectivity index (χ0) is 14.5. The summed E-state index contributed by atoms with van der Waals surface area (Å²) in [6.07, 6.45) is 8.12. The molecule has 0 bridgehead atoms. The Morgan fingerprint density at radius 1 is 1.25 bits per heavy atom. The number of rotatable bonds is 4. The van der Waals surface area contributed by atoms with Crippen LogP contribution in [0.3, 0.4) is 0 Å². The molecule has 0 saturated heterocycles. The van der Waals surface area contributed by atoms with Gasteiger partial charge in [-0.3, -0.25) is 4.99 Å². The third-order valence-electron chi connectivity index (χ3n) is 4.20. The molecule has 1 aromatic rings. The fraction of sp³-hybridized carbons (Fsp3) is 0.588. The van der Waals surface area contributed by atoms with E-state index < -0.39 is 0 Å². The van der Waals surface area contributed by atoms with E-state index in [-0.39, 0.29) is 0 Å². The highest BCUT2D eigenvalue weighted by molar-refractivity contribution is 5.84. The average molecular weight is 274 g/mol. The monoisotopic (exact) mass is 274 g/mol. The maximum absolute atomic E-state index is 10.1. The molecule has 110 valence electrons. The van der Waals surface area contributed by atoms with Gasteiger partial charge in [0.2, 0.25) is 0 Å². The van der Waals surface area contributed by atoms with Gasteiger partial charge in [-0.1, -0.05) is 19.3 Å². The number of phenolic OH excluding ortho intramolecular Hbond substituents is 1. The van der Waals surface area contributed by atoms with Crippen molar-refractivity contribution in [2.75, 3.05) is 11.9 Å². The summed E-state index contributed by atoms with van der Waals surface area (Å²) in [6, 6.07) is 6.68. The Kier molecular flexibility index (Phi) is 5.05. The zero-order valence-corrected chi connectivity index (χ0v) is 12.8. The molecule has 1 N–H and O–H groups in total. The van der Waals surface area contributed by atoms with Gasteiger partial charge in [-0.2, -0.15) is 0 Å². The van der Waals surface area contributed by atoms with Crippen molar-refractivity contribution in [2.45, 2.75) is 58.0 Å². The second kappa shape index (κ2) is 6.78. The molecule has 1 aromatic carbocycles. The minimum Gasteiger partial charge on any atom is -0.507 e. The van der Waals surface area contributed by atoms with E-state index in [2.05, 4.69) is 23.7 Å². The van der Waals surface area contributed by atoms with Gasteiger partial charge in [0.15, 0.2) is 0 Å². The minimum atomic E-state index is 0.314. The molecular weight excluding hydrogens is 248 g/mol. The van der Waals surface area contributed by atoms with Gasteiger partial charge in [0.05, 0.1) is 0 Å². The van der Waals surface area contributed by atoms with E-state index >= 15 is 0 Å². The van der Waals surface area contributed by atoms with Gasteiger partial charge >= 0.3 is 0 Å². The Labute approximate surface area is 122 Å². The van der Waals surface area contributed by atoms with Crippen molar-refractivity contribution < 1.29 is 5.11 Å². The molecule has 0 amide bonds. The van der Waals surface area contributed by atoms with E-state index in [0.717, 1.165) is 11.3 Å². The van der Waals surface area contributed by atoms with Crippen LogP contribution < -0.4 is 4.90 Å². The van der Waals surface area contributed by atoms with Crippen LogP contribution in [0.15, 0.2) is 23.2 Å². The van der Waals surface area contributed by atoms with Crippen molar-refractivity contribution in [3.05, 3.63) is 23.8 Å². The molecule has 1 aliphatic carbocycles. The number of phenols is 1. The molecule has 3 nitrogen and oxygen atoms in total. The third-order valence-corrected chi connectivity index (χ3v) is 4.20. The topological polar surface area (TPSA) is 35.8 Å². The van der Waals surface area contributed by atoms with Gasteiger partial charge in [-0.25, -0.2) is 0 Å². The highest BCUT2D eigenvalue weighted by atomic mass is 16.3. The molecule has 20 heavy (non-hydrogen) atoms. The number of hydrogen-bond donors (Lipinski definition) is 1. The number of aromatic hydroxyl groups is 1. The van der Waals surface area contributed by atoms with E-state index in [0.29, 0.717) is 17.8 Å². The third kappa shape index (κ3) is 3.75. The Hall–Kier alpha value is -1.51. The van der Waals surface area contributed by atoms with Crippen molar-refractivity contribution >= 4 is 11.9 Å². The summed E-state index contributed by atoms with van der Waals surface area (Å²) < 4.78 is 0. The first-order valence-electron chi connectivity index (χ1n) is 7.67. The van der Waals surface area contributed by atoms with Crippen LogP contribution in [0.2, 0.25) is 0 Å². The van der Waals surface area contributed by atoms with Gasteiger partial charge in [-0.15, -0.1) is 0 Å². The van der Waals surface area contributed by atoms with E-state index in [4.69, 9.17) is 0 Å². The molecule has 0 spiro atoms. The van der Waals surface area contributed by atoms with Crippen LogP contribution in [0, 0.1) is 0 Å². The SMILES string of the molecule is CC(C)N(C)c1ccc(C=NC2CCCCC2)c(O)c1. The van der Waals surface area contributed by atoms with Crippen LogP contribution in [0.4, 0.5) is 5.69 Å². The summed E-state index contributed by atoms with van der Waals surface area (Å²) in [5, 5.41) is 10.1. The second-order valence-electron chi connectivity index (χ2n) is 6.02. The molecule has 1 fully saturated rings. The standard InChI is InChI=1S/C17H26N2O/c1-13(2)19(3)16-10-9-14(17(20)11-16)12-18-15-7-5-4-6-8-15/h9-13,15,20H,4-8H2,1-3H3. The number of nitrogens with zero attached hydrogens (tertiary/aromatic N) is 2. The lowest BCUT2D eigenvalue weighted by Gasteiger charge is -2.24. The van der Waals surface area contributed by atoms with Crippen LogP contribution in [0.1, 0.15) is 51.5 Å². The first-order chi connectivity index (χ1) is 9.58. The van der Waals surface area contributed by atoms with Crippen LogP contribution in [-0.2, 0) is 0 Å². The maximum Gasteiger partial charge on any atom is 0.126 e. The Morgan fingerprint density at radius 2 is 1.95 bits per heavy atom. The molecular formula is C17H26N2O. The number of anilines is 1. The van der Waals surface area contributed by atoms with Crippen molar-refractivity contribution in [3.8, 4) is 5.75 Å². The maximum atomic E-state index is 10.1. The summed E-state index contributed by atoms with van der Waals surface area (Å²) in [5.41, 5.74) is 1.85. The molecule has 0 aromatic heterocycles. The number of benzene rings is 1. The van der Waals surface area contributed by atoms with Crippen LogP contribution >= 0.6 is 0 Å². The summed E-state index contributed by atoms with van der Waals surface area (Å²) in [7, 11) is 2.04. The molecule has 2 rings (SSSR count). The number of aliphatic imine (C=N–C) groups is 1. The van der Waals surface area contributed by atoms with E-state index in [9.17, 15) is 5.11 Å². The van der Waals surface area contributed by atoms with Gasteiger partial charge in [-0.05, 0) is 38.8 Å². The lowest BCUT2D eigenvalue weighted by atomic mass is 9.96. The first kappa shape index (κ1) is 14.9. The molecule has 0 unspecified atom stereocenters. The van der Waals surface area contributed by atoms with E-state index in [1.165, 1.54) is 32.1 Å². The van der Waals surface area contributed by atoms with Gasteiger partial charge in [0, 0.05) is 42.7 Å². The van der Waals surface area contributed by atoms with Crippen LogP contribution in [0.5, 0.6) is 5.75 Å². The smallest absolute Gasteiger partial charge is 0.126 e. The predicted molar refractivity (Wildman–Crippen MR) is 86.1 cm³/mol. The molecule has 0 aliphatic heterocycles. The van der Waals surface area contributed by atoms with Gasteiger partial charge in [0.25, 0.3) is 0 Å². The fourth-order valence-corrected chi connectivity index (χ4v) is 2.57. The molecule has 3 heteroatoms. The molecule has 0 heterocycles. The summed E-state index contributed by atoms with van der Waals surface area (Å²) in [5.74, 6) is 0.314. The highest BCUT2D eigenvalue weighted by Gasteiger charge is 2.12. The highest BCUT2D eigenvalue weighted by Crippen LogP contribution is 2.25. The van der Waals surface area contributed by atoms with Gasteiger partial charge in [0.1, 0.15) is 5.75 Å². The molecule has 1 aliphatic rings. The lowest BCUT2D eigenvalue weighted by molar-refractivity contribution is 0.444. The second-order valence-corrected chi connectivity index (χ2v) is 6.02. The van der Waals surface area contributed by atoms with E-state index in [1.807, 2.05) is 31.5 Å². The van der Waals surface area contributed by atoms with Crippen molar-refractivity contribution in [1.29, 1.82) is 0 Å². The van der Waals surface area contributed by atoms with Crippen LogP contribution in [-0.4, -0.2) is 30.5 Å². The summed E-state index contributed by atoms with van der Waals surface area (Å²) >= 11 is 0. The van der Waals surface area contributed by atoms with Crippen molar-refractivity contribution in [2.24, 2.45) is 4.99 Å².